The van der Waals surface area contributed by atoms with Crippen LogP contribution < -0.4 is 0 Å². The molecule has 0 radical (unpaired) electrons. The molecule has 0 bridgehead atoms. The summed E-state index contributed by atoms with van der Waals surface area (Å²) in [6, 6.07) is 15.5. The fourth-order valence-corrected chi connectivity index (χ4v) is 1.75. The van der Waals surface area contributed by atoms with Crippen LogP contribution in [0.1, 0.15) is 27.6 Å². The fourth-order valence-electron chi connectivity index (χ4n) is 1.75. The zero-order valence-electron chi connectivity index (χ0n) is 9.08. The van der Waals surface area contributed by atoms with Crippen LogP contribution in [0, 0.1) is 0 Å². The van der Waals surface area contributed by atoms with Gasteiger partial charge < -0.3 is 10.2 Å². The maximum absolute atomic E-state index is 11.0. The van der Waals surface area contributed by atoms with Crippen molar-refractivity contribution in [2.75, 3.05) is 0 Å². The summed E-state index contributed by atoms with van der Waals surface area (Å²) < 4.78 is 0. The second-order valence-corrected chi connectivity index (χ2v) is 3.71. The van der Waals surface area contributed by atoms with Crippen molar-refractivity contribution in [3.8, 4) is 0 Å². The van der Waals surface area contributed by atoms with E-state index in [1.54, 1.807) is 30.3 Å². The monoisotopic (exact) mass is 228 g/mol. The van der Waals surface area contributed by atoms with Gasteiger partial charge in [0.15, 0.2) is 0 Å². The molecule has 2 aromatic rings. The summed E-state index contributed by atoms with van der Waals surface area (Å²) in [4.78, 5) is 11.0. The molecular formula is C14H12O3. The standard InChI is InChI=1S/C14H12O3/c15-13(10-6-2-1-3-7-10)11-8-4-5-9-12(11)14(16)17/h1-9,13,15H,(H,16,17). The minimum Gasteiger partial charge on any atom is -0.478 e. The van der Waals surface area contributed by atoms with E-state index in [0.717, 1.165) is 0 Å². The highest BCUT2D eigenvalue weighted by atomic mass is 16.4. The highest BCUT2D eigenvalue weighted by Gasteiger charge is 2.17. The molecule has 86 valence electrons. The third kappa shape index (κ3) is 2.34. The number of hydrogen-bond donors (Lipinski definition) is 2. The van der Waals surface area contributed by atoms with Gasteiger partial charge in [0.05, 0.1) is 5.56 Å². The van der Waals surface area contributed by atoms with Gasteiger partial charge in [-0.3, -0.25) is 0 Å². The Morgan fingerprint density at radius 2 is 1.53 bits per heavy atom. The maximum Gasteiger partial charge on any atom is 0.336 e. The van der Waals surface area contributed by atoms with Crippen molar-refractivity contribution >= 4 is 5.97 Å². The van der Waals surface area contributed by atoms with Gasteiger partial charge in [0.2, 0.25) is 0 Å². The van der Waals surface area contributed by atoms with Gasteiger partial charge in [-0.2, -0.15) is 0 Å². The first-order chi connectivity index (χ1) is 8.20. The summed E-state index contributed by atoms with van der Waals surface area (Å²) >= 11 is 0. The van der Waals surface area contributed by atoms with Crippen LogP contribution in [-0.2, 0) is 0 Å². The molecule has 3 nitrogen and oxygen atoms in total. The molecule has 1 atom stereocenters. The minimum atomic E-state index is -1.03. The van der Waals surface area contributed by atoms with E-state index in [4.69, 9.17) is 5.11 Å². The van der Waals surface area contributed by atoms with E-state index in [1.165, 1.54) is 6.07 Å². The predicted molar refractivity (Wildman–Crippen MR) is 63.9 cm³/mol. The number of aliphatic hydroxyl groups excluding tert-OH is 1. The van der Waals surface area contributed by atoms with Crippen molar-refractivity contribution in [2.24, 2.45) is 0 Å². The van der Waals surface area contributed by atoms with Crippen LogP contribution in [0.3, 0.4) is 0 Å². The zero-order valence-corrected chi connectivity index (χ0v) is 9.08. The van der Waals surface area contributed by atoms with Gasteiger partial charge in [-0.1, -0.05) is 48.5 Å². The van der Waals surface area contributed by atoms with Crippen molar-refractivity contribution < 1.29 is 15.0 Å². The Morgan fingerprint density at radius 1 is 0.941 bits per heavy atom. The van der Waals surface area contributed by atoms with E-state index in [2.05, 4.69) is 0 Å². The highest BCUT2D eigenvalue weighted by Crippen LogP contribution is 2.24. The van der Waals surface area contributed by atoms with E-state index >= 15 is 0 Å². The Bertz CT molecular complexity index is 520. The summed E-state index contributed by atoms with van der Waals surface area (Å²) in [6.45, 7) is 0. The van der Waals surface area contributed by atoms with E-state index in [1.807, 2.05) is 18.2 Å². The molecule has 0 aliphatic rings. The molecule has 0 heterocycles. The predicted octanol–water partition coefficient (Wildman–Crippen LogP) is 2.47. The SMILES string of the molecule is O=C(O)c1ccccc1C(O)c1ccccc1. The topological polar surface area (TPSA) is 57.5 Å². The Hall–Kier alpha value is -2.13. The van der Waals surface area contributed by atoms with E-state index in [0.29, 0.717) is 11.1 Å². The number of rotatable bonds is 3. The van der Waals surface area contributed by atoms with Crippen LogP contribution in [0.2, 0.25) is 0 Å². The van der Waals surface area contributed by atoms with Crippen LogP contribution in [0.15, 0.2) is 54.6 Å². The first kappa shape index (κ1) is 11.4. The van der Waals surface area contributed by atoms with Gasteiger partial charge in [-0.05, 0) is 17.2 Å². The number of aliphatic hydroxyl groups is 1. The van der Waals surface area contributed by atoms with Crippen molar-refractivity contribution in [3.63, 3.8) is 0 Å². The van der Waals surface area contributed by atoms with Gasteiger partial charge in [-0.15, -0.1) is 0 Å². The lowest BCUT2D eigenvalue weighted by molar-refractivity contribution is 0.0691. The number of carbonyl (C=O) groups is 1. The molecule has 0 aromatic heterocycles. The molecule has 0 saturated carbocycles. The lowest BCUT2D eigenvalue weighted by Gasteiger charge is -2.13. The Morgan fingerprint density at radius 3 is 2.18 bits per heavy atom. The number of hydrogen-bond acceptors (Lipinski definition) is 2. The van der Waals surface area contributed by atoms with Crippen LogP contribution in [0.4, 0.5) is 0 Å². The van der Waals surface area contributed by atoms with Gasteiger partial charge >= 0.3 is 5.97 Å². The first-order valence-electron chi connectivity index (χ1n) is 5.25. The van der Waals surface area contributed by atoms with Crippen LogP contribution in [0.25, 0.3) is 0 Å². The largest absolute Gasteiger partial charge is 0.478 e. The summed E-state index contributed by atoms with van der Waals surface area (Å²) in [7, 11) is 0. The third-order valence-corrected chi connectivity index (χ3v) is 2.60. The van der Waals surface area contributed by atoms with Gasteiger partial charge in [0, 0.05) is 0 Å². The molecule has 2 aromatic carbocycles. The number of carboxylic acids is 1. The first-order valence-corrected chi connectivity index (χ1v) is 5.25. The molecule has 0 aliphatic carbocycles. The molecule has 2 rings (SSSR count). The molecule has 3 heteroatoms. The fraction of sp³-hybridized carbons (Fsp3) is 0.0714. The smallest absolute Gasteiger partial charge is 0.336 e. The lowest BCUT2D eigenvalue weighted by atomic mass is 9.97. The molecular weight excluding hydrogens is 216 g/mol. The van der Waals surface area contributed by atoms with Gasteiger partial charge in [-0.25, -0.2) is 4.79 Å². The molecule has 0 saturated heterocycles. The number of aromatic carboxylic acids is 1. The quantitative estimate of drug-likeness (QED) is 0.848. The molecule has 0 fully saturated rings. The second-order valence-electron chi connectivity index (χ2n) is 3.71. The van der Waals surface area contributed by atoms with E-state index in [-0.39, 0.29) is 5.56 Å². The van der Waals surface area contributed by atoms with Crippen molar-refractivity contribution in [1.29, 1.82) is 0 Å². The number of benzene rings is 2. The molecule has 2 N–H and O–H groups in total. The highest BCUT2D eigenvalue weighted by molar-refractivity contribution is 5.89. The Balaban J connectivity index is 2.44. The Labute approximate surface area is 99.0 Å². The maximum atomic E-state index is 11.0. The molecule has 0 amide bonds. The average molecular weight is 228 g/mol. The van der Waals surface area contributed by atoms with Gasteiger partial charge in [0.1, 0.15) is 6.10 Å². The second kappa shape index (κ2) is 4.80. The lowest BCUT2D eigenvalue weighted by Crippen LogP contribution is -2.07. The van der Waals surface area contributed by atoms with Crippen molar-refractivity contribution in [3.05, 3.63) is 71.3 Å². The van der Waals surface area contributed by atoms with Crippen LogP contribution >= 0.6 is 0 Å². The summed E-state index contributed by atoms with van der Waals surface area (Å²) in [5, 5.41) is 19.2. The molecule has 1 unspecified atom stereocenters. The summed E-state index contributed by atoms with van der Waals surface area (Å²) in [5.74, 6) is -1.03. The summed E-state index contributed by atoms with van der Waals surface area (Å²) in [5.41, 5.74) is 1.22. The molecule has 0 aliphatic heterocycles. The summed E-state index contributed by atoms with van der Waals surface area (Å²) in [6.07, 6.45) is -0.913. The minimum absolute atomic E-state index is 0.129. The normalized spacial score (nSPS) is 12.1. The zero-order chi connectivity index (χ0) is 12.3. The van der Waals surface area contributed by atoms with Crippen LogP contribution in [0.5, 0.6) is 0 Å². The van der Waals surface area contributed by atoms with Crippen molar-refractivity contribution in [1.82, 2.24) is 0 Å². The third-order valence-electron chi connectivity index (χ3n) is 2.60. The van der Waals surface area contributed by atoms with E-state index in [9.17, 15) is 9.90 Å². The van der Waals surface area contributed by atoms with E-state index < -0.39 is 12.1 Å². The van der Waals surface area contributed by atoms with Crippen molar-refractivity contribution in [2.45, 2.75) is 6.10 Å². The van der Waals surface area contributed by atoms with Gasteiger partial charge in [0.25, 0.3) is 0 Å². The van der Waals surface area contributed by atoms with Crippen LogP contribution in [-0.4, -0.2) is 16.2 Å². The molecule has 0 spiro atoms. The Kier molecular flexibility index (Phi) is 3.21. The number of carboxylic acid groups (broad SMARTS) is 1. The molecule has 17 heavy (non-hydrogen) atoms. The average Bonchev–Trinajstić information content (AvgIpc) is 2.39.